The molecule has 2 aromatic heterocycles. The third-order valence-corrected chi connectivity index (χ3v) is 4.25. The number of fused-ring (bicyclic) bond motifs is 2. The van der Waals surface area contributed by atoms with E-state index in [0.717, 1.165) is 6.92 Å². The van der Waals surface area contributed by atoms with Crippen molar-refractivity contribution in [2.75, 3.05) is 0 Å². The first-order valence-electron chi connectivity index (χ1n) is 7.97. The molecule has 1 N–H and O–H groups in total. The summed E-state index contributed by atoms with van der Waals surface area (Å²) < 4.78 is 22.7. The van der Waals surface area contributed by atoms with Crippen molar-refractivity contribution in [1.29, 1.82) is 0 Å². The van der Waals surface area contributed by atoms with Gasteiger partial charge in [0.05, 0.1) is 6.33 Å². The van der Waals surface area contributed by atoms with Gasteiger partial charge in [-0.2, -0.15) is 0 Å². The lowest BCUT2D eigenvalue weighted by molar-refractivity contribution is -0.174. The highest BCUT2D eigenvalue weighted by molar-refractivity contribution is 5.82. The Bertz CT molecular complexity index is 997. The number of nitrogens with zero attached hydrogens (tertiary/aromatic N) is 3. The molecule has 12 heteroatoms. The summed E-state index contributed by atoms with van der Waals surface area (Å²) in [6.45, 7) is 2.33. The monoisotopic (exact) mass is 378 g/mol. The zero-order chi connectivity index (χ0) is 19.3. The fourth-order valence-corrected chi connectivity index (χ4v) is 3.29. The Kier molecular flexibility index (Phi) is 3.91. The third-order valence-electron chi connectivity index (χ3n) is 4.25. The number of esters is 3. The van der Waals surface area contributed by atoms with Crippen molar-refractivity contribution in [3.8, 4) is 0 Å². The maximum absolute atomic E-state index is 12.2. The summed E-state index contributed by atoms with van der Waals surface area (Å²) in [5, 5.41) is 0. The number of aromatic amines is 1. The van der Waals surface area contributed by atoms with Crippen LogP contribution in [0.25, 0.3) is 11.2 Å². The molecule has 0 radical (unpaired) electrons. The van der Waals surface area contributed by atoms with Crippen LogP contribution in [0.3, 0.4) is 0 Å². The van der Waals surface area contributed by atoms with Crippen molar-refractivity contribution < 1.29 is 33.3 Å². The molecule has 2 saturated heterocycles. The van der Waals surface area contributed by atoms with E-state index in [0.29, 0.717) is 0 Å². The molecule has 2 aliphatic heterocycles. The fraction of sp³-hybridized carbons (Fsp3) is 0.467. The van der Waals surface area contributed by atoms with Crippen molar-refractivity contribution in [3.05, 3.63) is 23.0 Å². The predicted octanol–water partition coefficient (Wildman–Crippen LogP) is -1.19. The Labute approximate surface area is 150 Å². The van der Waals surface area contributed by atoms with Crippen molar-refractivity contribution in [2.45, 2.75) is 44.5 Å². The number of ether oxygens (including phenoxy) is 4. The van der Waals surface area contributed by atoms with Crippen LogP contribution in [0.2, 0.25) is 0 Å². The van der Waals surface area contributed by atoms with Crippen LogP contribution in [0, 0.1) is 0 Å². The van der Waals surface area contributed by atoms with Gasteiger partial charge >= 0.3 is 17.9 Å². The number of imidazole rings is 1. The number of aromatic nitrogens is 4. The van der Waals surface area contributed by atoms with Crippen LogP contribution >= 0.6 is 0 Å². The van der Waals surface area contributed by atoms with Gasteiger partial charge in [0.2, 0.25) is 6.10 Å². The molecule has 2 aliphatic rings. The minimum absolute atomic E-state index is 0.0926. The minimum atomic E-state index is -1.30. The second-order valence-corrected chi connectivity index (χ2v) is 6.05. The smallest absolute Gasteiger partial charge is 0.350 e. The van der Waals surface area contributed by atoms with Gasteiger partial charge in [0.1, 0.15) is 12.4 Å². The van der Waals surface area contributed by atoms with Gasteiger partial charge in [0.25, 0.3) is 5.56 Å². The summed E-state index contributed by atoms with van der Waals surface area (Å²) in [5.74, 6) is -2.13. The quantitative estimate of drug-likeness (QED) is 0.509. The maximum atomic E-state index is 12.2. The fourth-order valence-electron chi connectivity index (χ4n) is 3.29. The minimum Gasteiger partial charge on any atom is -0.454 e. The van der Waals surface area contributed by atoms with Crippen molar-refractivity contribution in [2.24, 2.45) is 0 Å². The van der Waals surface area contributed by atoms with Gasteiger partial charge in [-0.15, -0.1) is 0 Å². The van der Waals surface area contributed by atoms with E-state index in [-0.39, 0.29) is 11.2 Å². The van der Waals surface area contributed by atoms with Crippen LogP contribution in [0.4, 0.5) is 0 Å². The first-order chi connectivity index (χ1) is 12.9. The highest BCUT2D eigenvalue weighted by atomic mass is 16.7. The van der Waals surface area contributed by atoms with E-state index >= 15 is 0 Å². The summed E-state index contributed by atoms with van der Waals surface area (Å²) >= 11 is 0. The van der Waals surface area contributed by atoms with Gasteiger partial charge in [-0.1, -0.05) is 0 Å². The number of nitrogens with one attached hydrogen (secondary N) is 1. The molecule has 0 aliphatic carbocycles. The highest BCUT2D eigenvalue weighted by Crippen LogP contribution is 2.40. The van der Waals surface area contributed by atoms with Crippen molar-refractivity contribution in [1.82, 2.24) is 19.5 Å². The van der Waals surface area contributed by atoms with E-state index < -0.39 is 54.1 Å². The second kappa shape index (κ2) is 6.16. The molecule has 0 spiro atoms. The summed E-state index contributed by atoms with van der Waals surface area (Å²) in [6.07, 6.45) is -2.93. The SMILES string of the molecule is CC(=O)O[C@@H]1[C@H]2OC(=O)[C@@H](OC(C)=O)[C@H]2O[C@@H]1n1cnc2nc[nH]c(=O)c21. The van der Waals surface area contributed by atoms with Crippen molar-refractivity contribution in [3.63, 3.8) is 0 Å². The number of hydrogen-bond donors (Lipinski definition) is 1. The van der Waals surface area contributed by atoms with Gasteiger partial charge in [-0.25, -0.2) is 14.8 Å². The molecule has 0 aromatic carbocycles. The van der Waals surface area contributed by atoms with Crippen LogP contribution in [-0.4, -0.2) is 61.8 Å². The van der Waals surface area contributed by atoms with Gasteiger partial charge in [0.15, 0.2) is 29.6 Å². The van der Waals surface area contributed by atoms with Gasteiger partial charge in [-0.05, 0) is 0 Å². The molecule has 2 fully saturated rings. The number of rotatable bonds is 3. The Morgan fingerprint density at radius 2 is 1.89 bits per heavy atom. The van der Waals surface area contributed by atoms with E-state index in [9.17, 15) is 19.2 Å². The van der Waals surface area contributed by atoms with Gasteiger partial charge in [-0.3, -0.25) is 19.0 Å². The molecule has 12 nitrogen and oxygen atoms in total. The average molecular weight is 378 g/mol. The molecular formula is C15H14N4O8. The zero-order valence-corrected chi connectivity index (χ0v) is 14.1. The third kappa shape index (κ3) is 2.73. The van der Waals surface area contributed by atoms with E-state index in [4.69, 9.17) is 18.9 Å². The summed E-state index contributed by atoms with van der Waals surface area (Å²) in [5.41, 5.74) is -0.224. The first kappa shape index (κ1) is 17.1. The zero-order valence-electron chi connectivity index (χ0n) is 14.1. The summed E-state index contributed by atoms with van der Waals surface area (Å²) in [4.78, 5) is 57.5. The number of H-pyrrole nitrogens is 1. The summed E-state index contributed by atoms with van der Waals surface area (Å²) in [6, 6.07) is 0. The Morgan fingerprint density at radius 1 is 1.15 bits per heavy atom. The number of carbonyl (C=O) groups is 3. The molecule has 0 amide bonds. The molecule has 142 valence electrons. The largest absolute Gasteiger partial charge is 0.454 e. The molecule has 0 bridgehead atoms. The summed E-state index contributed by atoms with van der Waals surface area (Å²) in [7, 11) is 0. The molecular weight excluding hydrogens is 364 g/mol. The standard InChI is InChI=1S/C15H14N4O8/c1-5(20)24-10-8-9(11(15(23)27-8)25-6(2)21)26-14(10)19-4-18-12-7(19)13(22)17-3-16-12/h3-4,8-11,14H,1-2H3,(H,16,17,22)/t8-,9-,10+,11-,14-/m0/s1. The number of hydrogen-bond acceptors (Lipinski definition) is 10. The lowest BCUT2D eigenvalue weighted by Crippen LogP contribution is -2.36. The first-order valence-corrected chi connectivity index (χ1v) is 7.97. The lowest BCUT2D eigenvalue weighted by Gasteiger charge is -2.22. The molecule has 4 rings (SSSR count). The molecule has 2 aromatic rings. The average Bonchev–Trinajstić information content (AvgIpc) is 3.23. The van der Waals surface area contributed by atoms with Crippen LogP contribution in [0.15, 0.2) is 17.4 Å². The Balaban J connectivity index is 1.76. The molecule has 0 saturated carbocycles. The highest BCUT2D eigenvalue weighted by Gasteiger charge is 2.61. The molecule has 0 unspecified atom stereocenters. The van der Waals surface area contributed by atoms with Crippen molar-refractivity contribution >= 4 is 29.1 Å². The van der Waals surface area contributed by atoms with Crippen LogP contribution in [-0.2, 0) is 33.3 Å². The van der Waals surface area contributed by atoms with E-state index in [1.807, 2.05) is 0 Å². The van der Waals surface area contributed by atoms with E-state index in [2.05, 4.69) is 15.0 Å². The van der Waals surface area contributed by atoms with Gasteiger partial charge < -0.3 is 23.9 Å². The van der Waals surface area contributed by atoms with Crippen LogP contribution < -0.4 is 5.56 Å². The lowest BCUT2D eigenvalue weighted by atomic mass is 10.1. The number of carbonyl (C=O) groups excluding carboxylic acids is 3. The molecule has 5 atom stereocenters. The Hall–Kier alpha value is -3.28. The topological polar surface area (TPSA) is 152 Å². The van der Waals surface area contributed by atoms with Crippen LogP contribution in [0.1, 0.15) is 20.1 Å². The van der Waals surface area contributed by atoms with Crippen LogP contribution in [0.5, 0.6) is 0 Å². The van der Waals surface area contributed by atoms with E-state index in [1.54, 1.807) is 0 Å². The predicted molar refractivity (Wildman–Crippen MR) is 83.0 cm³/mol. The van der Waals surface area contributed by atoms with E-state index in [1.165, 1.54) is 24.1 Å². The molecule has 27 heavy (non-hydrogen) atoms. The second-order valence-electron chi connectivity index (χ2n) is 6.05. The molecule has 4 heterocycles. The Morgan fingerprint density at radius 3 is 2.59 bits per heavy atom. The maximum Gasteiger partial charge on any atom is 0.350 e. The van der Waals surface area contributed by atoms with Gasteiger partial charge in [0, 0.05) is 13.8 Å². The normalized spacial score (nSPS) is 29.4.